The molecule has 10 nitrogen and oxygen atoms in total. The predicted molar refractivity (Wildman–Crippen MR) is 118 cm³/mol. The van der Waals surface area contributed by atoms with Crippen LogP contribution in [0.25, 0.3) is 0 Å². The maximum atomic E-state index is 12.5. The number of anilines is 2. The quantitative estimate of drug-likeness (QED) is 0.707. The molecule has 2 saturated heterocycles. The zero-order valence-electron chi connectivity index (χ0n) is 18.0. The van der Waals surface area contributed by atoms with Gasteiger partial charge in [0.25, 0.3) is 0 Å². The summed E-state index contributed by atoms with van der Waals surface area (Å²) < 4.78 is 10.5. The van der Waals surface area contributed by atoms with Crippen LogP contribution < -0.4 is 15.1 Å². The zero-order chi connectivity index (χ0) is 22.2. The number of amides is 2. The molecule has 0 spiro atoms. The van der Waals surface area contributed by atoms with Gasteiger partial charge in [-0.05, 0) is 11.6 Å². The largest absolute Gasteiger partial charge is 0.445 e. The van der Waals surface area contributed by atoms with Crippen molar-refractivity contribution in [1.82, 2.24) is 20.2 Å². The summed E-state index contributed by atoms with van der Waals surface area (Å²) in [5.74, 6) is 1.44. The second kappa shape index (κ2) is 10.8. The van der Waals surface area contributed by atoms with Crippen molar-refractivity contribution in [2.24, 2.45) is 0 Å². The number of carbonyl (C=O) groups is 2. The van der Waals surface area contributed by atoms with Gasteiger partial charge in [0.05, 0.1) is 13.2 Å². The fourth-order valence-corrected chi connectivity index (χ4v) is 3.65. The third-order valence-corrected chi connectivity index (χ3v) is 5.48. The molecule has 170 valence electrons. The number of aromatic nitrogens is 2. The summed E-state index contributed by atoms with van der Waals surface area (Å²) >= 11 is 0. The number of carbonyl (C=O) groups excluding carboxylic acids is 2. The van der Waals surface area contributed by atoms with Crippen molar-refractivity contribution in [3.8, 4) is 0 Å². The standard InChI is InChI=1S/C22H28N6O4/c29-20(16-24-22(30)32-17-18-4-2-1-3-5-18)27-10-8-26(9-11-27)19-6-7-23-21(25-19)28-12-14-31-15-13-28/h1-7H,8-17H2,(H,24,30). The summed E-state index contributed by atoms with van der Waals surface area (Å²) in [6.45, 7) is 5.50. The van der Waals surface area contributed by atoms with E-state index in [1.165, 1.54) is 0 Å². The van der Waals surface area contributed by atoms with Crippen LogP contribution in [0.15, 0.2) is 42.6 Å². The maximum absolute atomic E-state index is 12.5. The van der Waals surface area contributed by atoms with Gasteiger partial charge in [0.15, 0.2) is 0 Å². The molecular formula is C22H28N6O4. The summed E-state index contributed by atoms with van der Waals surface area (Å²) in [4.78, 5) is 39.5. The molecule has 2 amide bonds. The molecule has 0 radical (unpaired) electrons. The lowest BCUT2D eigenvalue weighted by molar-refractivity contribution is -0.130. The molecule has 0 unspecified atom stereocenters. The van der Waals surface area contributed by atoms with E-state index in [1.54, 1.807) is 11.1 Å². The summed E-state index contributed by atoms with van der Waals surface area (Å²) in [6.07, 6.45) is 1.17. The van der Waals surface area contributed by atoms with Crippen molar-refractivity contribution >= 4 is 23.8 Å². The van der Waals surface area contributed by atoms with Gasteiger partial charge in [-0.25, -0.2) is 9.78 Å². The van der Waals surface area contributed by atoms with Crippen LogP contribution in [0.3, 0.4) is 0 Å². The second-order valence-corrected chi connectivity index (χ2v) is 7.60. The number of alkyl carbamates (subject to hydrolysis) is 1. The molecule has 2 aliphatic rings. The van der Waals surface area contributed by atoms with E-state index < -0.39 is 6.09 Å². The number of nitrogens with one attached hydrogen (secondary N) is 1. The Hall–Kier alpha value is -3.40. The molecule has 0 saturated carbocycles. The van der Waals surface area contributed by atoms with Crippen molar-refractivity contribution in [1.29, 1.82) is 0 Å². The predicted octanol–water partition coefficient (Wildman–Crippen LogP) is 0.888. The molecule has 1 aromatic carbocycles. The van der Waals surface area contributed by atoms with Crippen LogP contribution in [0.2, 0.25) is 0 Å². The van der Waals surface area contributed by atoms with Gasteiger partial charge in [-0.15, -0.1) is 0 Å². The zero-order valence-corrected chi connectivity index (χ0v) is 18.0. The molecular weight excluding hydrogens is 412 g/mol. The second-order valence-electron chi connectivity index (χ2n) is 7.60. The van der Waals surface area contributed by atoms with Crippen molar-refractivity contribution in [3.63, 3.8) is 0 Å². The Bertz CT molecular complexity index is 898. The molecule has 0 atom stereocenters. The van der Waals surface area contributed by atoms with E-state index >= 15 is 0 Å². The Balaban J connectivity index is 1.20. The number of rotatable bonds is 6. The van der Waals surface area contributed by atoms with Gasteiger partial charge in [-0.3, -0.25) is 4.79 Å². The van der Waals surface area contributed by atoms with E-state index in [0.29, 0.717) is 45.3 Å². The average Bonchev–Trinajstić information content (AvgIpc) is 2.87. The SMILES string of the molecule is O=C(NCC(=O)N1CCN(c2ccnc(N3CCOCC3)n2)CC1)OCc1ccccc1. The van der Waals surface area contributed by atoms with Crippen LogP contribution >= 0.6 is 0 Å². The molecule has 32 heavy (non-hydrogen) atoms. The number of hydrogen-bond donors (Lipinski definition) is 1. The lowest BCUT2D eigenvalue weighted by Crippen LogP contribution is -2.51. The lowest BCUT2D eigenvalue weighted by atomic mass is 10.2. The van der Waals surface area contributed by atoms with Gasteiger partial charge in [0, 0.05) is 45.5 Å². The van der Waals surface area contributed by atoms with Crippen molar-refractivity contribution in [3.05, 3.63) is 48.2 Å². The number of piperazine rings is 1. The highest BCUT2D eigenvalue weighted by molar-refractivity contribution is 5.82. The fourth-order valence-electron chi connectivity index (χ4n) is 3.65. The van der Waals surface area contributed by atoms with Crippen molar-refractivity contribution in [2.75, 3.05) is 68.8 Å². The summed E-state index contributed by atoms with van der Waals surface area (Å²) in [5, 5.41) is 2.53. The average molecular weight is 441 g/mol. The molecule has 3 heterocycles. The molecule has 1 aromatic heterocycles. The molecule has 10 heteroatoms. The van der Waals surface area contributed by atoms with E-state index in [2.05, 4.69) is 20.1 Å². The van der Waals surface area contributed by atoms with E-state index in [4.69, 9.17) is 14.5 Å². The monoisotopic (exact) mass is 440 g/mol. The molecule has 0 bridgehead atoms. The highest BCUT2D eigenvalue weighted by Crippen LogP contribution is 2.17. The van der Waals surface area contributed by atoms with E-state index in [-0.39, 0.29) is 19.1 Å². The van der Waals surface area contributed by atoms with Crippen molar-refractivity contribution < 1.29 is 19.1 Å². The minimum atomic E-state index is -0.600. The smallest absolute Gasteiger partial charge is 0.407 e. The summed E-state index contributed by atoms with van der Waals surface area (Å²) in [7, 11) is 0. The Morgan fingerprint density at radius 3 is 2.47 bits per heavy atom. The maximum Gasteiger partial charge on any atom is 0.407 e. The highest BCUT2D eigenvalue weighted by Gasteiger charge is 2.23. The topological polar surface area (TPSA) is 100 Å². The Labute approximate surface area is 187 Å². The Kier molecular flexibility index (Phi) is 7.34. The lowest BCUT2D eigenvalue weighted by Gasteiger charge is -2.36. The third-order valence-electron chi connectivity index (χ3n) is 5.48. The normalized spacial score (nSPS) is 16.6. The molecule has 2 aromatic rings. The number of ether oxygens (including phenoxy) is 2. The minimum Gasteiger partial charge on any atom is -0.445 e. The van der Waals surface area contributed by atoms with Crippen LogP contribution in [-0.4, -0.2) is 85.9 Å². The molecule has 0 aliphatic carbocycles. The van der Waals surface area contributed by atoms with Gasteiger partial charge >= 0.3 is 6.09 Å². The first-order chi connectivity index (χ1) is 15.7. The van der Waals surface area contributed by atoms with Crippen LogP contribution in [0.1, 0.15) is 5.56 Å². The van der Waals surface area contributed by atoms with Crippen LogP contribution in [0, 0.1) is 0 Å². The Morgan fingerprint density at radius 1 is 0.969 bits per heavy atom. The van der Waals surface area contributed by atoms with Gasteiger partial charge in [-0.2, -0.15) is 4.98 Å². The molecule has 4 rings (SSSR count). The van der Waals surface area contributed by atoms with Gasteiger partial charge < -0.3 is 29.5 Å². The van der Waals surface area contributed by atoms with Gasteiger partial charge in [0.2, 0.25) is 11.9 Å². The molecule has 2 fully saturated rings. The Morgan fingerprint density at radius 2 is 1.72 bits per heavy atom. The van der Waals surface area contributed by atoms with Crippen LogP contribution in [0.5, 0.6) is 0 Å². The summed E-state index contributed by atoms with van der Waals surface area (Å²) in [6, 6.07) is 11.3. The number of morpholine rings is 1. The van der Waals surface area contributed by atoms with Crippen LogP contribution in [-0.2, 0) is 20.9 Å². The van der Waals surface area contributed by atoms with Crippen molar-refractivity contribution in [2.45, 2.75) is 6.61 Å². The fraction of sp³-hybridized carbons (Fsp3) is 0.455. The first kappa shape index (κ1) is 21.8. The van der Waals surface area contributed by atoms with E-state index in [1.807, 2.05) is 36.4 Å². The first-order valence-corrected chi connectivity index (χ1v) is 10.8. The third kappa shape index (κ3) is 5.85. The van der Waals surface area contributed by atoms with Crippen LogP contribution in [0.4, 0.5) is 16.6 Å². The van der Waals surface area contributed by atoms with E-state index in [9.17, 15) is 9.59 Å². The highest BCUT2D eigenvalue weighted by atomic mass is 16.5. The minimum absolute atomic E-state index is 0.0810. The van der Waals surface area contributed by atoms with Gasteiger partial charge in [-0.1, -0.05) is 30.3 Å². The van der Waals surface area contributed by atoms with E-state index in [0.717, 1.165) is 24.5 Å². The first-order valence-electron chi connectivity index (χ1n) is 10.8. The summed E-state index contributed by atoms with van der Waals surface area (Å²) in [5.41, 5.74) is 0.895. The van der Waals surface area contributed by atoms with Gasteiger partial charge in [0.1, 0.15) is 19.0 Å². The molecule has 1 N–H and O–H groups in total. The number of benzene rings is 1. The number of nitrogens with zero attached hydrogens (tertiary/aromatic N) is 5. The molecule has 2 aliphatic heterocycles. The number of hydrogen-bond acceptors (Lipinski definition) is 8.